The van der Waals surface area contributed by atoms with E-state index in [2.05, 4.69) is 0 Å². The largest absolute Gasteiger partial charge is 0.379 e. The number of carbonyl (C=O) groups excluding carboxylic acids is 1. The fraction of sp³-hybridized carbons (Fsp3) is 0.909. The van der Waals surface area contributed by atoms with Crippen LogP contribution in [0.15, 0.2) is 0 Å². The highest BCUT2D eigenvalue weighted by molar-refractivity contribution is 5.76. The number of hydrogen-bond acceptors (Lipinski definition) is 3. The van der Waals surface area contributed by atoms with E-state index in [0.717, 1.165) is 0 Å². The Morgan fingerprint density at radius 2 is 1.43 bits per heavy atom. The zero-order valence-corrected chi connectivity index (χ0v) is 6.55. The second kappa shape index (κ2) is 22.9. The van der Waals surface area contributed by atoms with Crippen molar-refractivity contribution in [2.75, 3.05) is 26.4 Å². The summed E-state index contributed by atoms with van der Waals surface area (Å²) in [7, 11) is 0. The number of rotatable bonds is 6. The molecule has 0 fully saturated rings. The Labute approximate surface area is 90.8 Å². The van der Waals surface area contributed by atoms with Gasteiger partial charge in [-0.1, -0.05) is 29.7 Å². The van der Waals surface area contributed by atoms with Crippen LogP contribution in [0.4, 0.5) is 0 Å². The Morgan fingerprint density at radius 3 is 1.79 bits per heavy atom. The molecule has 0 radical (unpaired) electrons. The maximum atomic E-state index is 10.3. The topological polar surface area (TPSA) is 35.5 Å². The average Bonchev–Trinajstić information content (AvgIpc) is 1.87. The molecule has 0 aromatic rings. The van der Waals surface area contributed by atoms with Gasteiger partial charge >= 0.3 is 0 Å². The van der Waals surface area contributed by atoms with Crippen LogP contribution in [0.25, 0.3) is 0 Å². The van der Waals surface area contributed by atoms with Crippen LogP contribution < -0.4 is 0 Å². The molecule has 0 aliphatic carbocycles. The predicted molar refractivity (Wildman–Crippen MR) is 64.9 cm³/mol. The number of ether oxygens (including phenoxy) is 2. The van der Waals surface area contributed by atoms with Gasteiger partial charge < -0.3 is 9.47 Å². The van der Waals surface area contributed by atoms with Gasteiger partial charge in [-0.2, -0.15) is 0 Å². The minimum absolute atomic E-state index is 0. The number of ketones is 1. The van der Waals surface area contributed by atoms with Gasteiger partial charge in [0, 0.05) is 6.61 Å². The standard InChI is InChI=1S/C7H14O3.4CH4/c1-3-9-4-5-10-6-7(2)8;;;;/h3-6H2,1-2H3;4*1H4. The first-order chi connectivity index (χ1) is 4.77. The number of hydrogen-bond donors (Lipinski definition) is 0. The lowest BCUT2D eigenvalue weighted by atomic mass is 10.5. The molecule has 0 heterocycles. The molecule has 0 unspecified atom stereocenters. The van der Waals surface area contributed by atoms with Gasteiger partial charge in [-0.3, -0.25) is 4.79 Å². The molecule has 0 aromatic heterocycles. The molecule has 0 N–H and O–H groups in total. The predicted octanol–water partition coefficient (Wildman–Crippen LogP) is 3.17. The second-order valence-corrected chi connectivity index (χ2v) is 1.95. The molecule has 0 spiro atoms. The van der Waals surface area contributed by atoms with Crippen LogP contribution in [0.2, 0.25) is 0 Å². The lowest BCUT2D eigenvalue weighted by Crippen LogP contribution is -2.09. The highest BCUT2D eigenvalue weighted by Crippen LogP contribution is 1.78. The van der Waals surface area contributed by atoms with Gasteiger partial charge in [0.1, 0.15) is 6.61 Å². The summed E-state index contributed by atoms with van der Waals surface area (Å²) in [5, 5.41) is 0. The summed E-state index contributed by atoms with van der Waals surface area (Å²) in [4.78, 5) is 10.3. The average molecular weight is 210 g/mol. The van der Waals surface area contributed by atoms with E-state index >= 15 is 0 Å². The number of carbonyl (C=O) groups is 1. The normalized spacial score (nSPS) is 7.00. The highest BCUT2D eigenvalue weighted by atomic mass is 16.5. The summed E-state index contributed by atoms with van der Waals surface area (Å²) in [6.07, 6.45) is 0. The van der Waals surface area contributed by atoms with E-state index in [1.54, 1.807) is 0 Å². The van der Waals surface area contributed by atoms with E-state index in [9.17, 15) is 4.79 Å². The molecule has 0 aliphatic heterocycles. The van der Waals surface area contributed by atoms with Gasteiger partial charge in [0.15, 0.2) is 5.78 Å². The van der Waals surface area contributed by atoms with Crippen LogP contribution in [-0.2, 0) is 14.3 Å². The van der Waals surface area contributed by atoms with Crippen molar-refractivity contribution in [3.05, 3.63) is 0 Å². The summed E-state index contributed by atoms with van der Waals surface area (Å²) in [5.74, 6) is 0.0523. The summed E-state index contributed by atoms with van der Waals surface area (Å²) in [6, 6.07) is 0. The van der Waals surface area contributed by atoms with Crippen LogP contribution in [0.5, 0.6) is 0 Å². The van der Waals surface area contributed by atoms with Crippen molar-refractivity contribution in [1.29, 1.82) is 0 Å². The Hall–Kier alpha value is -0.410. The third-order valence-electron chi connectivity index (χ3n) is 0.881. The van der Waals surface area contributed by atoms with Gasteiger partial charge in [-0.05, 0) is 13.8 Å². The molecule has 0 saturated heterocycles. The zero-order chi connectivity index (χ0) is 7.82. The lowest BCUT2D eigenvalue weighted by molar-refractivity contribution is -0.121. The molecule has 0 aliphatic rings. The molecular weight excluding hydrogens is 180 g/mol. The summed E-state index contributed by atoms with van der Waals surface area (Å²) in [6.45, 7) is 5.40. The van der Waals surface area contributed by atoms with Gasteiger partial charge in [0.2, 0.25) is 0 Å². The van der Waals surface area contributed by atoms with Crippen molar-refractivity contribution in [3.63, 3.8) is 0 Å². The Morgan fingerprint density at radius 1 is 1.00 bits per heavy atom. The third-order valence-corrected chi connectivity index (χ3v) is 0.881. The molecule has 92 valence electrons. The molecular formula is C11H30O3. The van der Waals surface area contributed by atoms with E-state index in [0.29, 0.717) is 19.8 Å². The molecule has 3 nitrogen and oxygen atoms in total. The molecule has 3 heteroatoms. The molecule has 0 atom stereocenters. The molecule has 0 rings (SSSR count). The van der Waals surface area contributed by atoms with Crippen molar-refractivity contribution in [2.24, 2.45) is 0 Å². The van der Waals surface area contributed by atoms with Crippen LogP contribution in [-0.4, -0.2) is 32.2 Å². The van der Waals surface area contributed by atoms with Gasteiger partial charge in [0.25, 0.3) is 0 Å². The van der Waals surface area contributed by atoms with Gasteiger partial charge in [-0.15, -0.1) is 0 Å². The second-order valence-electron chi connectivity index (χ2n) is 1.95. The van der Waals surface area contributed by atoms with Gasteiger partial charge in [-0.25, -0.2) is 0 Å². The molecule has 0 amide bonds. The van der Waals surface area contributed by atoms with Gasteiger partial charge in [0.05, 0.1) is 13.2 Å². The summed E-state index contributed by atoms with van der Waals surface area (Å²) >= 11 is 0. The fourth-order valence-corrected chi connectivity index (χ4v) is 0.478. The fourth-order valence-electron chi connectivity index (χ4n) is 0.478. The Bertz CT molecular complexity index is 92.5. The lowest BCUT2D eigenvalue weighted by Gasteiger charge is -2.00. The first-order valence-electron chi connectivity index (χ1n) is 3.42. The van der Waals surface area contributed by atoms with E-state index in [1.165, 1.54) is 6.92 Å². The summed E-state index contributed by atoms with van der Waals surface area (Å²) < 4.78 is 9.90. The maximum absolute atomic E-state index is 10.3. The van der Waals surface area contributed by atoms with Crippen molar-refractivity contribution >= 4 is 5.78 Å². The molecule has 0 saturated carbocycles. The van der Waals surface area contributed by atoms with E-state index in [-0.39, 0.29) is 42.1 Å². The quantitative estimate of drug-likeness (QED) is 0.632. The molecule has 0 bridgehead atoms. The monoisotopic (exact) mass is 210 g/mol. The minimum Gasteiger partial charge on any atom is -0.379 e. The van der Waals surface area contributed by atoms with Crippen molar-refractivity contribution < 1.29 is 14.3 Å². The third kappa shape index (κ3) is 29.9. The van der Waals surface area contributed by atoms with Crippen LogP contribution in [0.1, 0.15) is 43.6 Å². The first kappa shape index (κ1) is 29.2. The van der Waals surface area contributed by atoms with Crippen molar-refractivity contribution in [1.82, 2.24) is 0 Å². The highest BCUT2D eigenvalue weighted by Gasteiger charge is 1.91. The SMILES string of the molecule is C.C.C.C.CCOCCOCC(C)=O. The number of Topliss-reactive ketones (excluding diaryl/α,β-unsaturated/α-hetero) is 1. The van der Waals surface area contributed by atoms with E-state index in [4.69, 9.17) is 9.47 Å². The minimum atomic E-state index is 0. The van der Waals surface area contributed by atoms with Crippen LogP contribution in [0.3, 0.4) is 0 Å². The zero-order valence-electron chi connectivity index (χ0n) is 6.55. The van der Waals surface area contributed by atoms with Crippen LogP contribution in [0, 0.1) is 0 Å². The van der Waals surface area contributed by atoms with E-state index < -0.39 is 0 Å². The summed E-state index contributed by atoms with van der Waals surface area (Å²) in [5.41, 5.74) is 0. The first-order valence-corrected chi connectivity index (χ1v) is 3.42. The Balaban J connectivity index is -0.0000000675. The molecule has 14 heavy (non-hydrogen) atoms. The van der Waals surface area contributed by atoms with Crippen LogP contribution >= 0.6 is 0 Å². The van der Waals surface area contributed by atoms with Crippen molar-refractivity contribution in [2.45, 2.75) is 43.6 Å². The molecule has 0 aromatic carbocycles. The Kier molecular flexibility index (Phi) is 47.8. The smallest absolute Gasteiger partial charge is 0.155 e. The maximum Gasteiger partial charge on any atom is 0.155 e. The van der Waals surface area contributed by atoms with Crippen molar-refractivity contribution in [3.8, 4) is 0 Å². The van der Waals surface area contributed by atoms with E-state index in [1.807, 2.05) is 6.92 Å².